The van der Waals surface area contributed by atoms with E-state index in [4.69, 9.17) is 20.7 Å². The van der Waals surface area contributed by atoms with E-state index < -0.39 is 5.37 Å². The molecule has 0 saturated carbocycles. The summed E-state index contributed by atoms with van der Waals surface area (Å²) in [6.07, 6.45) is 1.77. The van der Waals surface area contributed by atoms with Gasteiger partial charge in [0.2, 0.25) is 0 Å². The SMILES string of the molecule is CN(CCOC(=O)N1CCCC1)C(=O)Cl.[B]F. The molecule has 0 atom stereocenters. The van der Waals surface area contributed by atoms with Crippen molar-refractivity contribution in [3.63, 3.8) is 0 Å². The number of hydrogen-bond donors (Lipinski definition) is 0. The molecule has 5 nitrogen and oxygen atoms in total. The molecule has 2 radical (unpaired) electrons. The van der Waals surface area contributed by atoms with E-state index in [1.54, 1.807) is 11.9 Å². The molecule has 2 amide bonds. The van der Waals surface area contributed by atoms with E-state index in [1.165, 1.54) is 4.90 Å². The summed E-state index contributed by atoms with van der Waals surface area (Å²) in [4.78, 5) is 24.9. The second-order valence-corrected chi connectivity index (χ2v) is 3.81. The maximum Gasteiger partial charge on any atom is 0.409 e. The summed E-state index contributed by atoms with van der Waals surface area (Å²) in [5, 5.41) is -0.549. The minimum atomic E-state index is -0.549. The molecule has 17 heavy (non-hydrogen) atoms. The molecular weight excluding hydrogens is 249 g/mol. The first-order valence-corrected chi connectivity index (χ1v) is 5.53. The molecule has 1 fully saturated rings. The maximum absolute atomic E-state index is 11.4. The molecule has 0 bridgehead atoms. The fourth-order valence-electron chi connectivity index (χ4n) is 1.35. The highest BCUT2D eigenvalue weighted by Gasteiger charge is 2.19. The molecule has 1 rings (SSSR count). The molecule has 0 aromatic rings. The third kappa shape index (κ3) is 6.36. The van der Waals surface area contributed by atoms with Gasteiger partial charge in [0.1, 0.15) is 6.61 Å². The molecule has 1 aliphatic rings. The first kappa shape index (κ1) is 16.0. The zero-order valence-electron chi connectivity index (χ0n) is 9.70. The van der Waals surface area contributed by atoms with Crippen LogP contribution in [0.15, 0.2) is 0 Å². The zero-order valence-corrected chi connectivity index (χ0v) is 10.5. The molecule has 1 aliphatic heterocycles. The Morgan fingerprint density at radius 1 is 1.41 bits per heavy atom. The Balaban J connectivity index is 0.00000121. The molecule has 0 aromatic heterocycles. The predicted molar refractivity (Wildman–Crippen MR) is 62.9 cm³/mol. The number of ether oxygens (including phenoxy) is 1. The second kappa shape index (κ2) is 9.10. The molecule has 1 heterocycles. The van der Waals surface area contributed by atoms with E-state index in [9.17, 15) is 9.59 Å². The quantitative estimate of drug-likeness (QED) is 0.441. The van der Waals surface area contributed by atoms with Crippen LogP contribution in [-0.2, 0) is 4.74 Å². The van der Waals surface area contributed by atoms with Crippen LogP contribution in [0.3, 0.4) is 0 Å². The van der Waals surface area contributed by atoms with E-state index in [-0.39, 0.29) is 12.7 Å². The van der Waals surface area contributed by atoms with Crippen LogP contribution in [0, 0.1) is 0 Å². The summed E-state index contributed by atoms with van der Waals surface area (Å²) in [5.74, 6) is 0. The van der Waals surface area contributed by atoms with Gasteiger partial charge in [-0.1, -0.05) is 0 Å². The van der Waals surface area contributed by atoms with Crippen molar-refractivity contribution in [3.8, 4) is 0 Å². The van der Waals surface area contributed by atoms with Crippen LogP contribution in [0.25, 0.3) is 0 Å². The van der Waals surface area contributed by atoms with E-state index in [2.05, 4.69) is 8.12 Å². The molecule has 96 valence electrons. The lowest BCUT2D eigenvalue weighted by Crippen LogP contribution is -2.32. The number of amides is 2. The average Bonchev–Trinajstić information content (AvgIpc) is 2.84. The van der Waals surface area contributed by atoms with Crippen molar-refractivity contribution in [2.75, 3.05) is 33.3 Å². The van der Waals surface area contributed by atoms with Crippen molar-refractivity contribution in [2.45, 2.75) is 12.8 Å². The number of carbonyl (C=O) groups excluding carboxylic acids is 2. The normalized spacial score (nSPS) is 13.7. The van der Waals surface area contributed by atoms with Gasteiger partial charge in [-0.15, -0.1) is 0 Å². The average molecular weight is 264 g/mol. The van der Waals surface area contributed by atoms with Crippen LogP contribution in [0.2, 0.25) is 0 Å². The van der Waals surface area contributed by atoms with Crippen LogP contribution < -0.4 is 0 Å². The van der Waals surface area contributed by atoms with Crippen molar-refractivity contribution in [2.24, 2.45) is 0 Å². The Hall–Kier alpha value is -0.975. The lowest BCUT2D eigenvalue weighted by Gasteiger charge is -2.17. The van der Waals surface area contributed by atoms with E-state index in [1.807, 2.05) is 0 Å². The van der Waals surface area contributed by atoms with Crippen LogP contribution in [0.5, 0.6) is 0 Å². The van der Waals surface area contributed by atoms with E-state index in [0.717, 1.165) is 25.9 Å². The minimum absolute atomic E-state index is 0.185. The van der Waals surface area contributed by atoms with Gasteiger partial charge in [-0.25, -0.2) is 4.79 Å². The van der Waals surface area contributed by atoms with Crippen molar-refractivity contribution in [3.05, 3.63) is 0 Å². The molecule has 0 aromatic carbocycles. The van der Waals surface area contributed by atoms with Crippen LogP contribution in [-0.4, -0.2) is 62.7 Å². The van der Waals surface area contributed by atoms with Crippen molar-refractivity contribution in [1.82, 2.24) is 9.80 Å². The fourth-order valence-corrected chi connectivity index (χ4v) is 1.43. The van der Waals surface area contributed by atoms with Gasteiger partial charge in [-0.2, -0.15) is 0 Å². The summed E-state index contributed by atoms with van der Waals surface area (Å²) in [6, 6.07) is 0. The van der Waals surface area contributed by atoms with Crippen molar-refractivity contribution in [1.29, 1.82) is 0 Å². The van der Waals surface area contributed by atoms with Gasteiger partial charge in [-0.05, 0) is 24.4 Å². The summed E-state index contributed by atoms with van der Waals surface area (Å²) in [7, 11) is 4.55. The van der Waals surface area contributed by atoms with Gasteiger partial charge in [0, 0.05) is 20.1 Å². The van der Waals surface area contributed by atoms with Gasteiger partial charge in [0.15, 0.2) is 0 Å². The molecule has 0 unspecified atom stereocenters. The third-order valence-electron chi connectivity index (χ3n) is 2.32. The molecule has 0 N–H and O–H groups in total. The van der Waals surface area contributed by atoms with Gasteiger partial charge in [0.05, 0.1) is 6.54 Å². The van der Waals surface area contributed by atoms with Crippen molar-refractivity contribution >= 4 is 31.2 Å². The van der Waals surface area contributed by atoms with Crippen LogP contribution >= 0.6 is 11.6 Å². The Morgan fingerprint density at radius 3 is 2.41 bits per heavy atom. The smallest absolute Gasteiger partial charge is 0.409 e. The summed E-state index contributed by atoms with van der Waals surface area (Å²) >= 11 is 5.21. The van der Waals surface area contributed by atoms with E-state index in [0.29, 0.717) is 6.54 Å². The minimum Gasteiger partial charge on any atom is -0.448 e. The monoisotopic (exact) mass is 264 g/mol. The van der Waals surface area contributed by atoms with Crippen molar-refractivity contribution < 1.29 is 18.6 Å². The first-order valence-electron chi connectivity index (χ1n) is 5.15. The summed E-state index contributed by atoms with van der Waals surface area (Å²) < 4.78 is 14.0. The highest BCUT2D eigenvalue weighted by molar-refractivity contribution is 6.62. The highest BCUT2D eigenvalue weighted by Crippen LogP contribution is 2.08. The molecule has 8 heteroatoms. The van der Waals surface area contributed by atoms with Gasteiger partial charge < -0.3 is 18.9 Å². The topological polar surface area (TPSA) is 49.9 Å². The number of hydrogen-bond acceptors (Lipinski definition) is 3. The molecule has 0 aliphatic carbocycles. The number of likely N-dealkylation sites (N-methyl/N-ethyl adjacent to an activating group) is 1. The first-order chi connectivity index (χ1) is 8.11. The summed E-state index contributed by atoms with van der Waals surface area (Å²) in [6.45, 7) is 2.04. The number of likely N-dealkylation sites (tertiary alicyclic amines) is 1. The lowest BCUT2D eigenvalue weighted by molar-refractivity contribution is 0.104. The number of carbonyl (C=O) groups is 2. The second-order valence-electron chi connectivity index (χ2n) is 3.48. The van der Waals surface area contributed by atoms with Gasteiger partial charge in [-0.3, -0.25) is 4.79 Å². The lowest BCUT2D eigenvalue weighted by atomic mass is 10.4. The van der Waals surface area contributed by atoms with E-state index >= 15 is 0 Å². The number of rotatable bonds is 3. The number of halogens is 2. The standard InChI is InChI=1S/C9H15ClN2O3.BF/c1-11(8(10)13)6-7-15-9(14)12-4-2-3-5-12;1-2/h2-7H2,1H3;. The Labute approximate surface area is 106 Å². The fraction of sp³-hybridized carbons (Fsp3) is 0.778. The number of nitrogens with zero attached hydrogens (tertiary/aromatic N) is 2. The van der Waals surface area contributed by atoms with Crippen LogP contribution in [0.4, 0.5) is 13.9 Å². The third-order valence-corrected chi connectivity index (χ3v) is 2.61. The predicted octanol–water partition coefficient (Wildman–Crippen LogP) is 1.55. The zero-order chi connectivity index (χ0) is 13.3. The van der Waals surface area contributed by atoms with Gasteiger partial charge >= 0.3 is 19.6 Å². The molecule has 1 saturated heterocycles. The van der Waals surface area contributed by atoms with Crippen LogP contribution in [0.1, 0.15) is 12.8 Å². The largest absolute Gasteiger partial charge is 0.448 e. The maximum atomic E-state index is 11.4. The Morgan fingerprint density at radius 2 is 1.94 bits per heavy atom. The molecule has 0 spiro atoms. The highest BCUT2D eigenvalue weighted by atomic mass is 35.5. The Kier molecular flexibility index (Phi) is 8.57. The van der Waals surface area contributed by atoms with Gasteiger partial charge in [0.25, 0.3) is 0 Å². The molecular formula is C9H15BClFN2O3. The Bertz CT molecular complexity index is 252. The summed E-state index contributed by atoms with van der Waals surface area (Å²) in [5.41, 5.74) is 0.